The third-order valence-electron chi connectivity index (χ3n) is 1.74. The first-order valence-electron chi connectivity index (χ1n) is 3.67. The molecule has 0 aliphatic heterocycles. The van der Waals surface area contributed by atoms with Crippen LogP contribution in [-0.4, -0.2) is 14.6 Å². The summed E-state index contributed by atoms with van der Waals surface area (Å²) in [7, 11) is 0. The number of aryl methyl sites for hydroxylation is 1. The number of hydrogen-bond donors (Lipinski definition) is 0. The molecule has 0 fully saturated rings. The van der Waals surface area contributed by atoms with Crippen molar-refractivity contribution < 1.29 is 0 Å². The van der Waals surface area contributed by atoms with E-state index in [-0.39, 0.29) is 0 Å². The van der Waals surface area contributed by atoms with E-state index in [1.807, 2.05) is 16.9 Å². The first-order valence-corrected chi connectivity index (χ1v) is 3.67. The van der Waals surface area contributed by atoms with E-state index < -0.39 is 0 Å². The van der Waals surface area contributed by atoms with Crippen LogP contribution in [0.4, 0.5) is 0 Å². The van der Waals surface area contributed by atoms with Crippen molar-refractivity contribution in [3.05, 3.63) is 30.4 Å². The molecule has 0 saturated heterocycles. The lowest BCUT2D eigenvalue weighted by molar-refractivity contribution is 0.897. The second-order valence-electron chi connectivity index (χ2n) is 2.48. The molecule has 0 radical (unpaired) electrons. The third-order valence-corrected chi connectivity index (χ3v) is 1.74. The highest BCUT2D eigenvalue weighted by Gasteiger charge is 1.95. The summed E-state index contributed by atoms with van der Waals surface area (Å²) in [5.74, 6) is 0. The first kappa shape index (κ1) is 6.34. The molecule has 0 spiro atoms. The fraction of sp³-hybridized carbons (Fsp3) is 0.250. The smallest absolute Gasteiger partial charge is 0.136 e. The molecule has 11 heavy (non-hydrogen) atoms. The zero-order valence-corrected chi connectivity index (χ0v) is 6.36. The summed E-state index contributed by atoms with van der Waals surface area (Å²) < 4.78 is 1.84. The minimum Gasteiger partial charge on any atom is -0.241 e. The van der Waals surface area contributed by atoms with Crippen LogP contribution in [-0.2, 0) is 6.42 Å². The maximum atomic E-state index is 4.06. The van der Waals surface area contributed by atoms with Gasteiger partial charge in [0, 0.05) is 6.20 Å². The van der Waals surface area contributed by atoms with Gasteiger partial charge in [0.25, 0.3) is 0 Å². The lowest BCUT2D eigenvalue weighted by Gasteiger charge is -1.86. The molecule has 0 bridgehead atoms. The minimum absolute atomic E-state index is 1.04. The van der Waals surface area contributed by atoms with Crippen molar-refractivity contribution in [3.63, 3.8) is 0 Å². The van der Waals surface area contributed by atoms with Gasteiger partial charge in [-0.1, -0.05) is 6.92 Å². The summed E-state index contributed by atoms with van der Waals surface area (Å²) in [6.45, 7) is 2.13. The van der Waals surface area contributed by atoms with Gasteiger partial charge in [-0.25, -0.2) is 9.50 Å². The van der Waals surface area contributed by atoms with Crippen LogP contribution in [0.2, 0.25) is 0 Å². The Labute approximate surface area is 64.7 Å². The standard InChI is InChI=1S/C8H9N3/c1-2-7-3-8-4-9-6-10-11(8)5-7/h3-6H,2H2,1H3. The Bertz CT molecular complexity index is 331. The molecule has 0 N–H and O–H groups in total. The molecule has 56 valence electrons. The monoisotopic (exact) mass is 147 g/mol. The number of rotatable bonds is 1. The van der Waals surface area contributed by atoms with Crippen molar-refractivity contribution in [3.8, 4) is 0 Å². The van der Waals surface area contributed by atoms with Gasteiger partial charge in [-0.05, 0) is 18.1 Å². The quantitative estimate of drug-likeness (QED) is 0.608. The molecule has 3 nitrogen and oxygen atoms in total. The molecule has 0 amide bonds. The van der Waals surface area contributed by atoms with Crippen LogP contribution in [0.25, 0.3) is 5.52 Å². The van der Waals surface area contributed by atoms with E-state index in [0.717, 1.165) is 11.9 Å². The largest absolute Gasteiger partial charge is 0.241 e. The summed E-state index contributed by atoms with van der Waals surface area (Å²) >= 11 is 0. The molecular weight excluding hydrogens is 138 g/mol. The van der Waals surface area contributed by atoms with Gasteiger partial charge in [0.05, 0.1) is 11.7 Å². The Hall–Kier alpha value is -1.38. The van der Waals surface area contributed by atoms with Crippen LogP contribution >= 0.6 is 0 Å². The van der Waals surface area contributed by atoms with Crippen molar-refractivity contribution in [2.75, 3.05) is 0 Å². The lowest BCUT2D eigenvalue weighted by Crippen LogP contribution is -1.87. The second kappa shape index (κ2) is 2.34. The van der Waals surface area contributed by atoms with E-state index in [0.29, 0.717) is 0 Å². The summed E-state index contributed by atoms with van der Waals surface area (Å²) in [6.07, 6.45) is 6.43. The fourth-order valence-corrected chi connectivity index (χ4v) is 1.11. The summed E-state index contributed by atoms with van der Waals surface area (Å²) in [5.41, 5.74) is 2.36. The number of nitrogens with zero attached hydrogens (tertiary/aromatic N) is 3. The first-order chi connectivity index (χ1) is 5.40. The molecule has 2 heterocycles. The van der Waals surface area contributed by atoms with Gasteiger partial charge in [-0.3, -0.25) is 0 Å². The van der Waals surface area contributed by atoms with Gasteiger partial charge in [0.15, 0.2) is 0 Å². The van der Waals surface area contributed by atoms with Crippen LogP contribution in [0.3, 0.4) is 0 Å². The highest BCUT2D eigenvalue weighted by Crippen LogP contribution is 2.06. The van der Waals surface area contributed by atoms with Crippen molar-refractivity contribution in [1.29, 1.82) is 0 Å². The fourth-order valence-electron chi connectivity index (χ4n) is 1.11. The highest BCUT2D eigenvalue weighted by molar-refractivity contribution is 5.46. The zero-order chi connectivity index (χ0) is 7.68. The third kappa shape index (κ3) is 0.981. The molecule has 2 rings (SSSR count). The summed E-state index contributed by atoms with van der Waals surface area (Å²) in [5, 5.41) is 4.06. The molecule has 2 aromatic heterocycles. The van der Waals surface area contributed by atoms with E-state index in [9.17, 15) is 0 Å². The van der Waals surface area contributed by atoms with E-state index in [2.05, 4.69) is 23.1 Å². The van der Waals surface area contributed by atoms with Crippen molar-refractivity contribution >= 4 is 5.52 Å². The van der Waals surface area contributed by atoms with E-state index in [1.165, 1.54) is 5.56 Å². The molecular formula is C8H9N3. The highest BCUT2D eigenvalue weighted by atomic mass is 15.2. The number of fused-ring (bicyclic) bond motifs is 1. The van der Waals surface area contributed by atoms with Crippen LogP contribution < -0.4 is 0 Å². The molecule has 2 aromatic rings. The molecule has 3 heteroatoms. The van der Waals surface area contributed by atoms with E-state index in [4.69, 9.17) is 0 Å². The Morgan fingerprint density at radius 2 is 2.45 bits per heavy atom. The Kier molecular flexibility index (Phi) is 1.35. The van der Waals surface area contributed by atoms with Gasteiger partial charge in [-0.15, -0.1) is 0 Å². The van der Waals surface area contributed by atoms with Crippen LogP contribution in [0, 0.1) is 0 Å². The van der Waals surface area contributed by atoms with Crippen LogP contribution in [0.1, 0.15) is 12.5 Å². The average Bonchev–Trinajstić information content (AvgIpc) is 2.46. The summed E-state index contributed by atoms with van der Waals surface area (Å²) in [4.78, 5) is 3.93. The number of hydrogen-bond acceptors (Lipinski definition) is 2. The van der Waals surface area contributed by atoms with Gasteiger partial charge in [0.1, 0.15) is 6.33 Å². The van der Waals surface area contributed by atoms with E-state index in [1.54, 1.807) is 6.33 Å². The summed E-state index contributed by atoms with van der Waals surface area (Å²) in [6, 6.07) is 2.10. The maximum absolute atomic E-state index is 4.06. The lowest BCUT2D eigenvalue weighted by atomic mass is 10.3. The average molecular weight is 147 g/mol. The predicted molar refractivity (Wildman–Crippen MR) is 42.4 cm³/mol. The Balaban J connectivity index is 2.69. The van der Waals surface area contributed by atoms with Crippen molar-refractivity contribution in [1.82, 2.24) is 14.6 Å². The topological polar surface area (TPSA) is 30.2 Å². The molecule has 0 aliphatic carbocycles. The number of aromatic nitrogens is 3. The normalized spacial score (nSPS) is 10.6. The van der Waals surface area contributed by atoms with Gasteiger partial charge in [-0.2, -0.15) is 5.10 Å². The molecule has 0 atom stereocenters. The van der Waals surface area contributed by atoms with E-state index >= 15 is 0 Å². The molecule has 0 aromatic carbocycles. The van der Waals surface area contributed by atoms with Crippen LogP contribution in [0.5, 0.6) is 0 Å². The predicted octanol–water partition coefficient (Wildman–Crippen LogP) is 1.29. The van der Waals surface area contributed by atoms with Crippen LogP contribution in [0.15, 0.2) is 24.8 Å². The molecule has 0 saturated carbocycles. The van der Waals surface area contributed by atoms with Gasteiger partial charge >= 0.3 is 0 Å². The zero-order valence-electron chi connectivity index (χ0n) is 6.36. The Morgan fingerprint density at radius 1 is 1.55 bits per heavy atom. The van der Waals surface area contributed by atoms with Crippen molar-refractivity contribution in [2.24, 2.45) is 0 Å². The molecule has 0 unspecified atom stereocenters. The van der Waals surface area contributed by atoms with Gasteiger partial charge < -0.3 is 0 Å². The van der Waals surface area contributed by atoms with Crippen molar-refractivity contribution in [2.45, 2.75) is 13.3 Å². The maximum Gasteiger partial charge on any atom is 0.136 e. The molecule has 0 aliphatic rings. The second-order valence-corrected chi connectivity index (χ2v) is 2.48. The minimum atomic E-state index is 1.04. The Morgan fingerprint density at radius 3 is 3.18 bits per heavy atom. The van der Waals surface area contributed by atoms with Gasteiger partial charge in [0.2, 0.25) is 0 Å². The SMILES string of the molecule is CCc1cc2cncnn2c1.